The zero-order chi connectivity index (χ0) is 17.9. The van der Waals surface area contributed by atoms with E-state index in [9.17, 15) is 4.79 Å². The molecule has 0 radical (unpaired) electrons. The van der Waals surface area contributed by atoms with E-state index in [1.165, 1.54) is 5.56 Å². The number of likely N-dealkylation sites (tertiary alicyclic amines) is 1. The van der Waals surface area contributed by atoms with Crippen LogP contribution in [0.4, 0.5) is 4.79 Å². The minimum atomic E-state index is -0.0267. The van der Waals surface area contributed by atoms with Crippen LogP contribution in [0.1, 0.15) is 50.3 Å². The van der Waals surface area contributed by atoms with Gasteiger partial charge in [-0.25, -0.2) is 4.79 Å². The molecule has 0 unspecified atom stereocenters. The lowest BCUT2D eigenvalue weighted by Gasteiger charge is -2.40. The lowest BCUT2D eigenvalue weighted by Crippen LogP contribution is -2.53. The summed E-state index contributed by atoms with van der Waals surface area (Å²) in [5, 5.41) is 3.20. The number of hydrogen-bond donors (Lipinski definition) is 1. The summed E-state index contributed by atoms with van der Waals surface area (Å²) in [7, 11) is 0. The first-order valence-electron chi connectivity index (χ1n) is 8.78. The van der Waals surface area contributed by atoms with Crippen molar-refractivity contribution in [3.05, 3.63) is 60.2 Å². The second kappa shape index (κ2) is 7.21. The molecule has 5 heteroatoms. The first kappa shape index (κ1) is 17.4. The third-order valence-electron chi connectivity index (χ3n) is 4.55. The van der Waals surface area contributed by atoms with Crippen molar-refractivity contribution in [2.45, 2.75) is 39.2 Å². The Labute approximate surface area is 149 Å². The van der Waals surface area contributed by atoms with Gasteiger partial charge in [0.25, 0.3) is 0 Å². The molecule has 0 saturated carbocycles. The van der Waals surface area contributed by atoms with Gasteiger partial charge in [-0.3, -0.25) is 9.97 Å². The average Bonchev–Trinajstić information content (AvgIpc) is 2.53. The van der Waals surface area contributed by atoms with E-state index in [0.717, 1.165) is 25.1 Å². The SMILES string of the molecule is CC(C)(C)C[C@@H](NC(=O)N1CC(c2ccncc2)C1)c1cccnc1. The Hall–Kier alpha value is -2.43. The number of carbonyl (C=O) groups excluding carboxylic acids is 1. The number of rotatable bonds is 4. The van der Waals surface area contributed by atoms with E-state index in [4.69, 9.17) is 0 Å². The molecular weight excluding hydrogens is 312 g/mol. The lowest BCUT2D eigenvalue weighted by atomic mass is 9.86. The van der Waals surface area contributed by atoms with Crippen LogP contribution in [0.15, 0.2) is 49.1 Å². The van der Waals surface area contributed by atoms with Crippen LogP contribution in [0.5, 0.6) is 0 Å². The van der Waals surface area contributed by atoms with Crippen molar-refractivity contribution in [3.63, 3.8) is 0 Å². The summed E-state index contributed by atoms with van der Waals surface area (Å²) in [5.41, 5.74) is 2.41. The molecule has 3 heterocycles. The summed E-state index contributed by atoms with van der Waals surface area (Å²) in [6.45, 7) is 8.07. The molecule has 0 aromatic carbocycles. The van der Waals surface area contributed by atoms with Crippen molar-refractivity contribution >= 4 is 6.03 Å². The summed E-state index contributed by atoms with van der Waals surface area (Å²) in [6, 6.07) is 7.97. The fourth-order valence-corrected chi connectivity index (χ4v) is 3.18. The number of aromatic nitrogens is 2. The Balaban J connectivity index is 1.61. The van der Waals surface area contributed by atoms with Crippen molar-refractivity contribution < 1.29 is 4.79 Å². The van der Waals surface area contributed by atoms with Crippen LogP contribution in [-0.2, 0) is 0 Å². The lowest BCUT2D eigenvalue weighted by molar-refractivity contribution is 0.145. The second-order valence-electron chi connectivity index (χ2n) is 7.94. The van der Waals surface area contributed by atoms with Gasteiger partial charge in [0.2, 0.25) is 0 Å². The molecule has 2 aromatic heterocycles. The molecule has 1 N–H and O–H groups in total. The fraction of sp³-hybridized carbons (Fsp3) is 0.450. The van der Waals surface area contributed by atoms with Crippen LogP contribution in [0.2, 0.25) is 0 Å². The standard InChI is InChI=1S/C20H26N4O/c1-20(2,3)11-18(16-5-4-8-22-12-16)23-19(25)24-13-17(14-24)15-6-9-21-10-7-15/h4-10,12,17-18H,11,13-14H2,1-3H3,(H,23,25)/t18-/m1/s1. The number of hydrogen-bond acceptors (Lipinski definition) is 3. The summed E-state index contributed by atoms with van der Waals surface area (Å²) in [5.74, 6) is 0.410. The van der Waals surface area contributed by atoms with Gasteiger partial charge in [-0.15, -0.1) is 0 Å². The topological polar surface area (TPSA) is 58.1 Å². The van der Waals surface area contributed by atoms with Crippen LogP contribution in [0.25, 0.3) is 0 Å². The normalized spacial score (nSPS) is 16.2. The number of nitrogens with one attached hydrogen (secondary N) is 1. The van der Waals surface area contributed by atoms with E-state index in [-0.39, 0.29) is 17.5 Å². The van der Waals surface area contributed by atoms with Gasteiger partial charge in [-0.05, 0) is 41.2 Å². The van der Waals surface area contributed by atoms with Crippen molar-refractivity contribution in [3.8, 4) is 0 Å². The van der Waals surface area contributed by atoms with Gasteiger partial charge >= 0.3 is 6.03 Å². The third kappa shape index (κ3) is 4.56. The number of carbonyl (C=O) groups is 1. The van der Waals surface area contributed by atoms with E-state index >= 15 is 0 Å². The van der Waals surface area contributed by atoms with Crippen LogP contribution >= 0.6 is 0 Å². The Morgan fingerprint density at radius 1 is 1.20 bits per heavy atom. The molecule has 0 bridgehead atoms. The summed E-state index contributed by atoms with van der Waals surface area (Å²) < 4.78 is 0. The Kier molecular flexibility index (Phi) is 5.02. The molecule has 1 saturated heterocycles. The molecule has 0 spiro atoms. The highest BCUT2D eigenvalue weighted by atomic mass is 16.2. The Bertz CT molecular complexity index is 691. The zero-order valence-electron chi connectivity index (χ0n) is 15.1. The molecule has 1 aliphatic rings. The maximum atomic E-state index is 12.7. The molecule has 0 aliphatic carbocycles. The van der Waals surface area contributed by atoms with E-state index < -0.39 is 0 Å². The van der Waals surface area contributed by atoms with Crippen molar-refractivity contribution in [2.75, 3.05) is 13.1 Å². The van der Waals surface area contributed by atoms with Crippen molar-refractivity contribution in [2.24, 2.45) is 5.41 Å². The molecular formula is C20H26N4O. The largest absolute Gasteiger partial charge is 0.331 e. The first-order valence-corrected chi connectivity index (χ1v) is 8.78. The maximum Gasteiger partial charge on any atom is 0.317 e. The molecule has 5 nitrogen and oxygen atoms in total. The number of urea groups is 1. The average molecular weight is 338 g/mol. The monoisotopic (exact) mass is 338 g/mol. The van der Waals surface area contributed by atoms with Gasteiger partial charge in [0.1, 0.15) is 0 Å². The second-order valence-corrected chi connectivity index (χ2v) is 7.94. The minimum absolute atomic E-state index is 0.00316. The van der Waals surface area contributed by atoms with Crippen LogP contribution in [-0.4, -0.2) is 34.0 Å². The van der Waals surface area contributed by atoms with Gasteiger partial charge in [0.05, 0.1) is 6.04 Å². The number of pyridine rings is 2. The molecule has 132 valence electrons. The van der Waals surface area contributed by atoms with Gasteiger partial charge < -0.3 is 10.2 Å². The zero-order valence-corrected chi connectivity index (χ0v) is 15.1. The van der Waals surface area contributed by atoms with E-state index in [0.29, 0.717) is 5.92 Å². The summed E-state index contributed by atoms with van der Waals surface area (Å²) in [4.78, 5) is 22.8. The van der Waals surface area contributed by atoms with E-state index in [1.807, 2.05) is 35.4 Å². The molecule has 1 aliphatic heterocycles. The highest BCUT2D eigenvalue weighted by molar-refractivity contribution is 5.76. The summed E-state index contributed by atoms with van der Waals surface area (Å²) >= 11 is 0. The number of amides is 2. The van der Waals surface area contributed by atoms with Crippen LogP contribution < -0.4 is 5.32 Å². The van der Waals surface area contributed by atoms with Crippen LogP contribution in [0, 0.1) is 5.41 Å². The van der Waals surface area contributed by atoms with Crippen molar-refractivity contribution in [1.82, 2.24) is 20.2 Å². The highest BCUT2D eigenvalue weighted by Gasteiger charge is 2.33. The number of nitrogens with zero attached hydrogens (tertiary/aromatic N) is 3. The van der Waals surface area contributed by atoms with Gasteiger partial charge in [-0.1, -0.05) is 26.8 Å². The molecule has 3 rings (SSSR count). The summed E-state index contributed by atoms with van der Waals surface area (Å²) in [6.07, 6.45) is 8.08. The fourth-order valence-electron chi connectivity index (χ4n) is 3.18. The molecule has 2 amide bonds. The predicted molar refractivity (Wildman–Crippen MR) is 98.1 cm³/mol. The van der Waals surface area contributed by atoms with E-state index in [1.54, 1.807) is 18.6 Å². The quantitative estimate of drug-likeness (QED) is 0.923. The van der Waals surface area contributed by atoms with Gasteiger partial charge in [0.15, 0.2) is 0 Å². The molecule has 2 aromatic rings. The van der Waals surface area contributed by atoms with Crippen LogP contribution in [0.3, 0.4) is 0 Å². The smallest absolute Gasteiger partial charge is 0.317 e. The third-order valence-corrected chi connectivity index (χ3v) is 4.55. The highest BCUT2D eigenvalue weighted by Crippen LogP contribution is 2.31. The molecule has 25 heavy (non-hydrogen) atoms. The maximum absolute atomic E-state index is 12.7. The van der Waals surface area contributed by atoms with Gasteiger partial charge in [-0.2, -0.15) is 0 Å². The van der Waals surface area contributed by atoms with Crippen molar-refractivity contribution in [1.29, 1.82) is 0 Å². The minimum Gasteiger partial charge on any atom is -0.331 e. The molecule has 1 fully saturated rings. The Morgan fingerprint density at radius 2 is 1.92 bits per heavy atom. The van der Waals surface area contributed by atoms with E-state index in [2.05, 4.69) is 36.1 Å². The Morgan fingerprint density at radius 3 is 2.52 bits per heavy atom. The first-order chi connectivity index (χ1) is 11.9. The predicted octanol–water partition coefficient (Wildman–Crippen LogP) is 3.76. The molecule has 1 atom stereocenters. The van der Waals surface area contributed by atoms with Gasteiger partial charge in [0, 0.05) is 43.8 Å².